The molecule has 0 radical (unpaired) electrons. The number of hydrogen-bond acceptors (Lipinski definition) is 6. The van der Waals surface area contributed by atoms with Crippen LogP contribution in [0.15, 0.2) is 48.5 Å². The van der Waals surface area contributed by atoms with Gasteiger partial charge in [0.25, 0.3) is 5.69 Å². The minimum absolute atomic E-state index is 0.0226. The van der Waals surface area contributed by atoms with Crippen LogP contribution in [0.2, 0.25) is 0 Å². The van der Waals surface area contributed by atoms with Crippen molar-refractivity contribution in [3.63, 3.8) is 0 Å². The number of non-ortho nitro benzene ring substituents is 1. The molecule has 8 heteroatoms. The van der Waals surface area contributed by atoms with Gasteiger partial charge in [0.15, 0.2) is 0 Å². The zero-order valence-electron chi connectivity index (χ0n) is 16.6. The molecule has 2 aromatic carbocycles. The first-order valence-electron chi connectivity index (χ1n) is 9.95. The monoisotopic (exact) mass is 410 g/mol. The topological polar surface area (TPSA) is 91.5 Å². The Morgan fingerprint density at radius 3 is 2.70 bits per heavy atom. The van der Waals surface area contributed by atoms with Gasteiger partial charge >= 0.3 is 0 Å². The first-order chi connectivity index (χ1) is 14.4. The number of nitro benzene ring substituents is 1. The molecule has 0 aliphatic carbocycles. The average molecular weight is 410 g/mol. The van der Waals surface area contributed by atoms with Crippen LogP contribution in [-0.4, -0.2) is 34.2 Å². The molecule has 1 unspecified atom stereocenters. The minimum atomic E-state index is -0.432. The summed E-state index contributed by atoms with van der Waals surface area (Å²) in [4.78, 5) is 17.2. The molecule has 0 spiro atoms. The molecular weight excluding hydrogens is 387 g/mol. The van der Waals surface area contributed by atoms with E-state index in [9.17, 15) is 19.6 Å². The molecule has 1 aromatic heterocycles. The van der Waals surface area contributed by atoms with E-state index in [-0.39, 0.29) is 23.7 Å². The molecule has 2 heterocycles. The number of aliphatic hydroxyl groups excluding tert-OH is 1. The molecule has 7 nitrogen and oxygen atoms in total. The van der Waals surface area contributed by atoms with Gasteiger partial charge in [-0.05, 0) is 56.2 Å². The van der Waals surface area contributed by atoms with Gasteiger partial charge in [0.1, 0.15) is 11.6 Å². The van der Waals surface area contributed by atoms with E-state index in [4.69, 9.17) is 0 Å². The lowest BCUT2D eigenvalue weighted by Crippen LogP contribution is -2.36. The van der Waals surface area contributed by atoms with E-state index < -0.39 is 4.92 Å². The van der Waals surface area contributed by atoms with Gasteiger partial charge in [-0.2, -0.15) is 0 Å². The number of hydrogen-bond donors (Lipinski definition) is 2. The van der Waals surface area contributed by atoms with Crippen molar-refractivity contribution < 1.29 is 14.4 Å². The second kappa shape index (κ2) is 8.23. The molecule has 3 aromatic rings. The summed E-state index contributed by atoms with van der Waals surface area (Å²) in [5.41, 5.74) is 2.42. The highest BCUT2D eigenvalue weighted by molar-refractivity contribution is 5.82. The number of aliphatic hydroxyl groups is 1. The maximum atomic E-state index is 14.0. The number of nitrogens with zero attached hydrogens (tertiary/aromatic N) is 3. The predicted octanol–water partition coefficient (Wildman–Crippen LogP) is 4.42. The summed E-state index contributed by atoms with van der Waals surface area (Å²) >= 11 is 0. The molecule has 2 N–H and O–H groups in total. The Morgan fingerprint density at radius 1 is 1.20 bits per heavy atom. The van der Waals surface area contributed by atoms with Crippen LogP contribution in [0.3, 0.4) is 0 Å². The molecule has 4 rings (SSSR count). The summed E-state index contributed by atoms with van der Waals surface area (Å²) in [6.07, 6.45) is 1.10. The molecule has 1 fully saturated rings. The van der Waals surface area contributed by atoms with E-state index in [0.717, 1.165) is 24.3 Å². The first kappa shape index (κ1) is 20.0. The number of nitrogens with one attached hydrogen (secondary N) is 1. The summed E-state index contributed by atoms with van der Waals surface area (Å²) in [5.74, 6) is 0.298. The molecule has 1 aliphatic rings. The van der Waals surface area contributed by atoms with Gasteiger partial charge in [0, 0.05) is 41.9 Å². The van der Waals surface area contributed by atoms with Gasteiger partial charge in [-0.3, -0.25) is 10.1 Å². The van der Waals surface area contributed by atoms with Crippen molar-refractivity contribution in [1.29, 1.82) is 0 Å². The van der Waals surface area contributed by atoms with Crippen LogP contribution in [0.5, 0.6) is 0 Å². The van der Waals surface area contributed by atoms with E-state index in [1.807, 2.05) is 6.92 Å². The number of aromatic nitrogens is 1. The number of nitro groups is 1. The fourth-order valence-electron chi connectivity index (χ4n) is 3.87. The predicted molar refractivity (Wildman–Crippen MR) is 114 cm³/mol. The van der Waals surface area contributed by atoms with Gasteiger partial charge < -0.3 is 15.3 Å². The van der Waals surface area contributed by atoms with Crippen molar-refractivity contribution in [3.05, 3.63) is 70.0 Å². The van der Waals surface area contributed by atoms with Gasteiger partial charge in [-0.1, -0.05) is 0 Å². The van der Waals surface area contributed by atoms with Crippen molar-refractivity contribution >= 4 is 28.1 Å². The van der Waals surface area contributed by atoms with Crippen molar-refractivity contribution in [2.75, 3.05) is 23.3 Å². The Balaban J connectivity index is 1.59. The fourth-order valence-corrected chi connectivity index (χ4v) is 3.87. The molecule has 1 aliphatic heterocycles. The Labute approximate surface area is 173 Å². The van der Waals surface area contributed by atoms with Crippen molar-refractivity contribution in [2.45, 2.75) is 31.9 Å². The van der Waals surface area contributed by atoms with Crippen LogP contribution in [-0.2, 0) is 0 Å². The smallest absolute Gasteiger partial charge is 0.270 e. The molecule has 0 amide bonds. The first-order valence-corrected chi connectivity index (χ1v) is 9.95. The van der Waals surface area contributed by atoms with E-state index >= 15 is 0 Å². The zero-order chi connectivity index (χ0) is 21.3. The van der Waals surface area contributed by atoms with Gasteiger partial charge in [0.2, 0.25) is 0 Å². The number of halogens is 1. The molecular formula is C22H23FN4O3. The van der Waals surface area contributed by atoms with E-state index in [1.54, 1.807) is 24.3 Å². The van der Waals surface area contributed by atoms with Crippen molar-refractivity contribution in [2.24, 2.45) is 0 Å². The Bertz CT molecular complexity index is 1080. The van der Waals surface area contributed by atoms with E-state index in [2.05, 4.69) is 15.2 Å². The van der Waals surface area contributed by atoms with Gasteiger partial charge in [-0.25, -0.2) is 9.37 Å². The molecule has 1 saturated heterocycles. The Kier molecular flexibility index (Phi) is 5.50. The van der Waals surface area contributed by atoms with Crippen LogP contribution < -0.4 is 10.2 Å². The second-order valence-corrected chi connectivity index (χ2v) is 7.62. The largest absolute Gasteiger partial charge is 0.393 e. The summed E-state index contributed by atoms with van der Waals surface area (Å²) in [5, 5.41) is 24.7. The zero-order valence-corrected chi connectivity index (χ0v) is 16.6. The van der Waals surface area contributed by atoms with Crippen LogP contribution >= 0.6 is 0 Å². The molecule has 0 saturated carbocycles. The lowest BCUT2D eigenvalue weighted by atomic mass is 10.0. The van der Waals surface area contributed by atoms with Crippen LogP contribution in [0.1, 0.15) is 31.4 Å². The number of benzene rings is 2. The maximum Gasteiger partial charge on any atom is 0.270 e. The number of rotatable bonds is 5. The standard InChI is InChI=1S/C22H23FN4O3/c1-14(19-13-16(23)3-6-21(19)26-10-8-18(28)9-11-26)24-22-7-2-15-12-17(27(29)30)4-5-20(15)25-22/h2-7,12-14,18,28H,8-11H2,1H3,(H,24,25). The normalized spacial score (nSPS) is 15.9. The Hall–Kier alpha value is -3.26. The summed E-state index contributed by atoms with van der Waals surface area (Å²) in [6, 6.07) is 12.6. The summed E-state index contributed by atoms with van der Waals surface area (Å²) < 4.78 is 14.0. The number of anilines is 2. The molecule has 1 atom stereocenters. The fraction of sp³-hybridized carbons (Fsp3) is 0.318. The molecule has 0 bridgehead atoms. The molecule has 156 valence electrons. The number of piperidine rings is 1. The third-order valence-electron chi connectivity index (χ3n) is 5.51. The van der Waals surface area contributed by atoms with Crippen LogP contribution in [0, 0.1) is 15.9 Å². The molecule has 30 heavy (non-hydrogen) atoms. The van der Waals surface area contributed by atoms with E-state index in [1.165, 1.54) is 24.3 Å². The highest BCUT2D eigenvalue weighted by atomic mass is 19.1. The highest BCUT2D eigenvalue weighted by Gasteiger charge is 2.22. The highest BCUT2D eigenvalue weighted by Crippen LogP contribution is 2.32. The van der Waals surface area contributed by atoms with Crippen LogP contribution in [0.4, 0.5) is 21.6 Å². The van der Waals surface area contributed by atoms with Crippen LogP contribution in [0.25, 0.3) is 10.9 Å². The summed E-state index contributed by atoms with van der Waals surface area (Å²) in [7, 11) is 0. The lowest BCUT2D eigenvalue weighted by molar-refractivity contribution is -0.384. The van der Waals surface area contributed by atoms with Gasteiger partial charge in [-0.15, -0.1) is 0 Å². The SMILES string of the molecule is CC(Nc1ccc2cc([N+](=O)[O-])ccc2n1)c1cc(F)ccc1N1CCC(O)CC1. The maximum absolute atomic E-state index is 14.0. The quantitative estimate of drug-likeness (QED) is 0.478. The number of fused-ring (bicyclic) bond motifs is 1. The third kappa shape index (κ3) is 4.18. The lowest BCUT2D eigenvalue weighted by Gasteiger charge is -2.34. The second-order valence-electron chi connectivity index (χ2n) is 7.62. The van der Waals surface area contributed by atoms with Crippen molar-refractivity contribution in [1.82, 2.24) is 4.98 Å². The third-order valence-corrected chi connectivity index (χ3v) is 5.51. The van der Waals surface area contributed by atoms with E-state index in [0.29, 0.717) is 29.6 Å². The number of pyridine rings is 1. The van der Waals surface area contributed by atoms with Gasteiger partial charge in [0.05, 0.1) is 22.6 Å². The summed E-state index contributed by atoms with van der Waals surface area (Å²) in [6.45, 7) is 3.39. The Morgan fingerprint density at radius 2 is 1.97 bits per heavy atom. The average Bonchev–Trinajstić information content (AvgIpc) is 2.74. The van der Waals surface area contributed by atoms with Crippen molar-refractivity contribution in [3.8, 4) is 0 Å². The minimum Gasteiger partial charge on any atom is -0.393 e.